The second kappa shape index (κ2) is 7.09. The van der Waals surface area contributed by atoms with Gasteiger partial charge in [-0.05, 0) is 34.1 Å². The van der Waals surface area contributed by atoms with Crippen LogP contribution < -0.4 is 5.32 Å². The lowest BCUT2D eigenvalue weighted by Crippen LogP contribution is -2.14. The number of rotatable bonds is 4. The monoisotopic (exact) mass is 448 g/mol. The maximum absolute atomic E-state index is 14.0. The average Bonchev–Trinajstić information content (AvgIpc) is 3.22. The number of hydrogen-bond acceptors (Lipinski definition) is 4. The summed E-state index contributed by atoms with van der Waals surface area (Å²) in [4.78, 5) is 16.6. The minimum Gasteiger partial charge on any atom is -0.303 e. The number of nitrogens with one attached hydrogen (secondary N) is 1. The van der Waals surface area contributed by atoms with Crippen molar-refractivity contribution in [3.8, 4) is 0 Å². The molecule has 10 heteroatoms. The molecule has 4 aromatic rings. The highest BCUT2D eigenvalue weighted by Gasteiger charge is 2.16. The third kappa shape index (κ3) is 3.56. The highest BCUT2D eigenvalue weighted by atomic mass is 79.9. The Balaban J connectivity index is 1.55. The van der Waals surface area contributed by atoms with Crippen LogP contribution in [-0.4, -0.2) is 30.3 Å². The minimum atomic E-state index is -0.435. The summed E-state index contributed by atoms with van der Waals surface area (Å²) in [6.45, 7) is 0.123. The Morgan fingerprint density at radius 3 is 2.93 bits per heavy atom. The van der Waals surface area contributed by atoms with Crippen LogP contribution in [0.4, 0.5) is 10.2 Å². The van der Waals surface area contributed by atoms with Crippen LogP contribution >= 0.6 is 27.5 Å². The van der Waals surface area contributed by atoms with E-state index >= 15 is 0 Å². The van der Waals surface area contributed by atoms with E-state index in [1.165, 1.54) is 21.3 Å². The first-order chi connectivity index (χ1) is 13.0. The number of aromatic nitrogens is 5. The molecule has 3 heterocycles. The number of halogens is 3. The molecule has 27 heavy (non-hydrogen) atoms. The fourth-order valence-electron chi connectivity index (χ4n) is 2.52. The number of carbonyl (C=O) groups excluding carboxylic acids is 1. The number of nitrogens with zero attached hydrogens (tertiary/aromatic N) is 5. The zero-order chi connectivity index (χ0) is 19.0. The van der Waals surface area contributed by atoms with E-state index in [4.69, 9.17) is 11.6 Å². The molecule has 0 spiro atoms. The summed E-state index contributed by atoms with van der Waals surface area (Å²) in [6, 6.07) is 7.77. The van der Waals surface area contributed by atoms with Crippen molar-refractivity contribution in [3.63, 3.8) is 0 Å². The van der Waals surface area contributed by atoms with E-state index in [2.05, 4.69) is 36.4 Å². The molecule has 0 aliphatic heterocycles. The normalized spacial score (nSPS) is 11.1. The molecule has 0 aliphatic carbocycles. The summed E-state index contributed by atoms with van der Waals surface area (Å²) in [7, 11) is 0. The summed E-state index contributed by atoms with van der Waals surface area (Å²) >= 11 is 9.39. The van der Waals surface area contributed by atoms with E-state index in [9.17, 15) is 9.18 Å². The topological polar surface area (TPSA) is 77.1 Å². The van der Waals surface area contributed by atoms with Gasteiger partial charge >= 0.3 is 0 Å². The van der Waals surface area contributed by atoms with Gasteiger partial charge in [-0.1, -0.05) is 17.7 Å². The number of hydrogen-bond donors (Lipinski definition) is 1. The predicted molar refractivity (Wildman–Crippen MR) is 101 cm³/mol. The minimum absolute atomic E-state index is 0.123. The molecule has 4 rings (SSSR count). The Morgan fingerprint density at radius 2 is 2.15 bits per heavy atom. The third-order valence-electron chi connectivity index (χ3n) is 3.80. The van der Waals surface area contributed by atoms with Gasteiger partial charge in [-0.25, -0.2) is 13.9 Å². The summed E-state index contributed by atoms with van der Waals surface area (Å²) in [5.41, 5.74) is 1.08. The molecule has 0 aliphatic rings. The summed E-state index contributed by atoms with van der Waals surface area (Å²) < 4.78 is 17.5. The smallest absolute Gasteiger partial charge is 0.277 e. The average molecular weight is 450 g/mol. The van der Waals surface area contributed by atoms with Crippen molar-refractivity contribution in [1.82, 2.24) is 24.4 Å². The van der Waals surface area contributed by atoms with E-state index in [1.54, 1.807) is 36.8 Å². The second-order valence-electron chi connectivity index (χ2n) is 5.63. The lowest BCUT2D eigenvalue weighted by atomic mass is 10.2. The molecular formula is C17H11BrClFN6O. The van der Waals surface area contributed by atoms with Gasteiger partial charge in [-0.3, -0.25) is 9.48 Å². The van der Waals surface area contributed by atoms with Crippen LogP contribution in [-0.2, 0) is 6.54 Å². The van der Waals surface area contributed by atoms with Gasteiger partial charge < -0.3 is 5.32 Å². The first-order valence-corrected chi connectivity index (χ1v) is 8.96. The fourth-order valence-corrected chi connectivity index (χ4v) is 3.16. The third-order valence-corrected chi connectivity index (χ3v) is 4.73. The zero-order valence-corrected chi connectivity index (χ0v) is 15.9. The Hall–Kier alpha value is -2.78. The second-order valence-corrected chi connectivity index (χ2v) is 6.89. The van der Waals surface area contributed by atoms with Crippen molar-refractivity contribution in [2.45, 2.75) is 6.54 Å². The van der Waals surface area contributed by atoms with Crippen LogP contribution in [0, 0.1) is 5.82 Å². The number of fused-ring (bicyclic) bond motifs is 1. The van der Waals surface area contributed by atoms with E-state index < -0.39 is 11.7 Å². The first kappa shape index (κ1) is 17.6. The molecule has 7 nitrogen and oxygen atoms in total. The van der Waals surface area contributed by atoms with Crippen LogP contribution in [0.1, 0.15) is 16.1 Å². The van der Waals surface area contributed by atoms with E-state index in [0.717, 1.165) is 0 Å². The maximum Gasteiger partial charge on any atom is 0.277 e. The quantitative estimate of drug-likeness (QED) is 0.514. The van der Waals surface area contributed by atoms with Gasteiger partial charge in [-0.15, -0.1) is 0 Å². The summed E-state index contributed by atoms with van der Waals surface area (Å²) in [5, 5.41) is 11.4. The Morgan fingerprint density at radius 1 is 1.30 bits per heavy atom. The highest BCUT2D eigenvalue weighted by Crippen LogP contribution is 2.24. The largest absolute Gasteiger partial charge is 0.303 e. The van der Waals surface area contributed by atoms with Gasteiger partial charge in [0.15, 0.2) is 17.2 Å². The van der Waals surface area contributed by atoms with Gasteiger partial charge in [0.05, 0.1) is 11.0 Å². The van der Waals surface area contributed by atoms with E-state index in [1.807, 2.05) is 0 Å². The van der Waals surface area contributed by atoms with Crippen molar-refractivity contribution in [1.29, 1.82) is 0 Å². The van der Waals surface area contributed by atoms with Crippen LogP contribution in [0.25, 0.3) is 5.65 Å². The lowest BCUT2D eigenvalue weighted by molar-refractivity contribution is 0.102. The zero-order valence-electron chi connectivity index (χ0n) is 13.6. The number of benzene rings is 1. The lowest BCUT2D eigenvalue weighted by Gasteiger charge is -2.05. The number of anilines is 1. The molecular weight excluding hydrogens is 439 g/mol. The predicted octanol–water partition coefficient (Wildman–Crippen LogP) is 3.78. The molecule has 1 N–H and O–H groups in total. The van der Waals surface area contributed by atoms with Crippen LogP contribution in [0.5, 0.6) is 0 Å². The van der Waals surface area contributed by atoms with Crippen molar-refractivity contribution >= 4 is 44.9 Å². The van der Waals surface area contributed by atoms with Gasteiger partial charge in [-0.2, -0.15) is 10.2 Å². The van der Waals surface area contributed by atoms with Crippen molar-refractivity contribution in [3.05, 3.63) is 75.5 Å². The first-order valence-electron chi connectivity index (χ1n) is 7.79. The van der Waals surface area contributed by atoms with Gasteiger partial charge in [0, 0.05) is 35.2 Å². The van der Waals surface area contributed by atoms with Crippen LogP contribution in [0.2, 0.25) is 5.02 Å². The highest BCUT2D eigenvalue weighted by molar-refractivity contribution is 9.10. The standard InChI is InChI=1S/C17H11BrClFN6O/c18-11-9-25(8-10-12(19)3-1-4-13(10)20)24-16(11)22-17(27)14-7-15-21-5-2-6-26(15)23-14/h1-7,9H,8H2,(H,22,24,27). The van der Waals surface area contributed by atoms with Gasteiger partial charge in [0.2, 0.25) is 0 Å². The Labute approximate surface area is 165 Å². The molecule has 0 unspecified atom stereocenters. The van der Waals surface area contributed by atoms with E-state index in [0.29, 0.717) is 20.7 Å². The maximum atomic E-state index is 14.0. The molecule has 0 radical (unpaired) electrons. The molecule has 3 aromatic heterocycles. The summed E-state index contributed by atoms with van der Waals surface area (Å²) in [6.07, 6.45) is 4.94. The molecule has 1 amide bonds. The Bertz CT molecular complexity index is 1100. The molecule has 136 valence electrons. The molecule has 0 atom stereocenters. The van der Waals surface area contributed by atoms with Crippen molar-refractivity contribution in [2.24, 2.45) is 0 Å². The van der Waals surface area contributed by atoms with E-state index in [-0.39, 0.29) is 18.1 Å². The van der Waals surface area contributed by atoms with Crippen molar-refractivity contribution < 1.29 is 9.18 Å². The van der Waals surface area contributed by atoms with Crippen molar-refractivity contribution in [2.75, 3.05) is 5.32 Å². The summed E-state index contributed by atoms with van der Waals surface area (Å²) in [5.74, 6) is -0.565. The molecule has 0 saturated carbocycles. The van der Waals surface area contributed by atoms with Gasteiger partial charge in [0.25, 0.3) is 5.91 Å². The number of carbonyl (C=O) groups is 1. The fraction of sp³-hybridized carbons (Fsp3) is 0.0588. The molecule has 0 fully saturated rings. The SMILES string of the molecule is O=C(Nc1nn(Cc2c(F)cccc2Cl)cc1Br)c1cc2ncccn2n1. The van der Waals surface area contributed by atoms with Crippen LogP contribution in [0.3, 0.4) is 0 Å². The van der Waals surface area contributed by atoms with Gasteiger partial charge in [0.1, 0.15) is 5.82 Å². The molecule has 0 saturated heterocycles. The molecule has 1 aromatic carbocycles. The molecule has 0 bridgehead atoms. The number of amides is 1. The Kier molecular flexibility index (Phi) is 4.63. The van der Waals surface area contributed by atoms with Crippen LogP contribution in [0.15, 0.2) is 53.4 Å².